The monoisotopic (exact) mass is 393 g/mol. The number of ether oxygens (including phenoxy) is 3. The van der Waals surface area contributed by atoms with E-state index in [9.17, 15) is 4.79 Å². The van der Waals surface area contributed by atoms with Crippen molar-refractivity contribution in [2.24, 2.45) is 11.8 Å². The summed E-state index contributed by atoms with van der Waals surface area (Å²) in [6, 6.07) is 18.4. The van der Waals surface area contributed by atoms with Gasteiger partial charge in [0.2, 0.25) is 0 Å². The molecule has 0 aromatic heterocycles. The van der Waals surface area contributed by atoms with Crippen LogP contribution in [0.2, 0.25) is 0 Å². The van der Waals surface area contributed by atoms with Crippen LogP contribution in [0, 0.1) is 11.8 Å². The minimum Gasteiger partial charge on any atom is -0.465 e. The first-order valence-corrected chi connectivity index (χ1v) is 10.6. The van der Waals surface area contributed by atoms with Gasteiger partial charge in [-0.2, -0.15) is 0 Å². The Hall–Kier alpha value is -2.37. The maximum absolute atomic E-state index is 12.5. The number of fused-ring (bicyclic) bond motifs is 1. The lowest BCUT2D eigenvalue weighted by molar-refractivity contribution is -0.145. The predicted octanol–water partition coefficient (Wildman–Crippen LogP) is 3.94. The van der Waals surface area contributed by atoms with Crippen molar-refractivity contribution in [1.29, 1.82) is 0 Å². The van der Waals surface area contributed by atoms with E-state index in [1.165, 1.54) is 5.56 Å². The number of hydrogen-bond donors (Lipinski definition) is 0. The first-order valence-electron chi connectivity index (χ1n) is 10.6. The molecule has 0 bridgehead atoms. The summed E-state index contributed by atoms with van der Waals surface area (Å²) < 4.78 is 17.3. The molecule has 5 rings (SSSR count). The number of hydrogen-bond acceptors (Lipinski definition) is 5. The maximum Gasteiger partial charge on any atom is 0.311 e. The van der Waals surface area contributed by atoms with E-state index < -0.39 is 0 Å². The third-order valence-corrected chi connectivity index (χ3v) is 6.24. The predicted molar refractivity (Wildman–Crippen MR) is 108 cm³/mol. The Labute approximate surface area is 171 Å². The summed E-state index contributed by atoms with van der Waals surface area (Å²) in [5, 5.41) is 0. The normalized spacial score (nSPS) is 29.4. The molecule has 2 aromatic carbocycles. The molecule has 5 heteroatoms. The average molecular weight is 393 g/mol. The van der Waals surface area contributed by atoms with Crippen molar-refractivity contribution in [3.8, 4) is 5.75 Å². The lowest BCUT2D eigenvalue weighted by Crippen LogP contribution is -2.25. The zero-order valence-electron chi connectivity index (χ0n) is 16.5. The molecule has 29 heavy (non-hydrogen) atoms. The Kier molecular flexibility index (Phi) is 5.25. The Morgan fingerprint density at radius 2 is 1.83 bits per heavy atom. The highest BCUT2D eigenvalue weighted by atomic mass is 16.7. The summed E-state index contributed by atoms with van der Waals surface area (Å²) in [6.45, 7) is 3.30. The third-order valence-electron chi connectivity index (χ3n) is 6.24. The second-order valence-corrected chi connectivity index (χ2v) is 8.29. The molecule has 152 valence electrons. The fourth-order valence-corrected chi connectivity index (χ4v) is 4.75. The summed E-state index contributed by atoms with van der Waals surface area (Å²) in [6.07, 6.45) is 2.86. The zero-order chi connectivity index (χ0) is 19.6. The number of rotatable bonds is 5. The van der Waals surface area contributed by atoms with E-state index in [0.29, 0.717) is 0 Å². The Balaban J connectivity index is 1.24. The molecule has 0 aliphatic carbocycles. The molecule has 4 atom stereocenters. The molecule has 0 saturated carbocycles. The van der Waals surface area contributed by atoms with Crippen molar-refractivity contribution < 1.29 is 19.0 Å². The fourth-order valence-electron chi connectivity index (χ4n) is 4.75. The van der Waals surface area contributed by atoms with E-state index in [1.807, 2.05) is 30.3 Å². The summed E-state index contributed by atoms with van der Waals surface area (Å²) in [4.78, 5) is 14.8. The number of cyclic esters (lactones) is 1. The minimum absolute atomic E-state index is 0.0322. The lowest BCUT2D eigenvalue weighted by atomic mass is 9.90. The van der Waals surface area contributed by atoms with Crippen LogP contribution < -0.4 is 4.74 Å². The molecule has 0 N–H and O–H groups in total. The molecule has 0 spiro atoms. The molecule has 1 unspecified atom stereocenters. The summed E-state index contributed by atoms with van der Waals surface area (Å²) in [7, 11) is 0. The molecule has 0 radical (unpaired) electrons. The van der Waals surface area contributed by atoms with E-state index in [-0.39, 0.29) is 30.2 Å². The van der Waals surface area contributed by atoms with E-state index in [1.54, 1.807) is 0 Å². The SMILES string of the molecule is O=C1O[C@@H](c2ccc(OC3CCCCO3)cc2)[C@@H]2CN(Cc3ccccc3)C[C@H]12. The van der Waals surface area contributed by atoms with Crippen LogP contribution in [-0.4, -0.2) is 36.9 Å². The van der Waals surface area contributed by atoms with Crippen molar-refractivity contribution in [2.75, 3.05) is 19.7 Å². The summed E-state index contributed by atoms with van der Waals surface area (Å²) >= 11 is 0. The van der Waals surface area contributed by atoms with Crippen LogP contribution in [0.1, 0.15) is 36.5 Å². The fraction of sp³-hybridized carbons (Fsp3) is 0.458. The highest BCUT2D eigenvalue weighted by Crippen LogP contribution is 2.44. The van der Waals surface area contributed by atoms with E-state index >= 15 is 0 Å². The number of likely N-dealkylation sites (tertiary alicyclic amines) is 1. The Morgan fingerprint density at radius 1 is 1.00 bits per heavy atom. The minimum atomic E-state index is -0.173. The lowest BCUT2D eigenvalue weighted by Gasteiger charge is -2.24. The van der Waals surface area contributed by atoms with Gasteiger partial charge in [-0.25, -0.2) is 0 Å². The van der Waals surface area contributed by atoms with Gasteiger partial charge in [0.15, 0.2) is 6.29 Å². The van der Waals surface area contributed by atoms with Crippen molar-refractivity contribution in [3.05, 3.63) is 65.7 Å². The number of nitrogens with zero attached hydrogens (tertiary/aromatic N) is 1. The Bertz CT molecular complexity index is 832. The van der Waals surface area contributed by atoms with E-state index in [4.69, 9.17) is 14.2 Å². The molecular formula is C24H27NO4. The number of benzene rings is 2. The van der Waals surface area contributed by atoms with Gasteiger partial charge in [-0.15, -0.1) is 0 Å². The van der Waals surface area contributed by atoms with Crippen molar-refractivity contribution >= 4 is 5.97 Å². The first kappa shape index (κ1) is 18.6. The molecule has 3 saturated heterocycles. The van der Waals surface area contributed by atoms with Gasteiger partial charge >= 0.3 is 5.97 Å². The van der Waals surface area contributed by atoms with Gasteiger partial charge in [0.25, 0.3) is 0 Å². The third kappa shape index (κ3) is 4.02. The molecular weight excluding hydrogens is 366 g/mol. The van der Waals surface area contributed by atoms with E-state index in [2.05, 4.69) is 29.2 Å². The van der Waals surface area contributed by atoms with Gasteiger partial charge in [-0.3, -0.25) is 9.69 Å². The molecule has 3 fully saturated rings. The second-order valence-electron chi connectivity index (χ2n) is 8.29. The summed E-state index contributed by atoms with van der Waals surface area (Å²) in [5.74, 6) is 0.917. The van der Waals surface area contributed by atoms with Crippen LogP contribution >= 0.6 is 0 Å². The van der Waals surface area contributed by atoms with E-state index in [0.717, 1.165) is 56.8 Å². The van der Waals surface area contributed by atoms with Gasteiger partial charge in [-0.05, 0) is 36.1 Å². The summed E-state index contributed by atoms with van der Waals surface area (Å²) in [5.41, 5.74) is 2.33. The number of carbonyl (C=O) groups is 1. The molecule has 5 nitrogen and oxygen atoms in total. The zero-order valence-corrected chi connectivity index (χ0v) is 16.5. The molecule has 2 aromatic rings. The van der Waals surface area contributed by atoms with Crippen LogP contribution in [0.25, 0.3) is 0 Å². The maximum atomic E-state index is 12.5. The van der Waals surface area contributed by atoms with Gasteiger partial charge in [0.05, 0.1) is 12.5 Å². The average Bonchev–Trinajstić information content (AvgIpc) is 3.30. The van der Waals surface area contributed by atoms with Crippen LogP contribution in [0.4, 0.5) is 0 Å². The van der Waals surface area contributed by atoms with Crippen LogP contribution in [0.15, 0.2) is 54.6 Å². The van der Waals surface area contributed by atoms with Crippen LogP contribution in [-0.2, 0) is 20.8 Å². The van der Waals surface area contributed by atoms with Crippen LogP contribution in [0.3, 0.4) is 0 Å². The van der Waals surface area contributed by atoms with Crippen molar-refractivity contribution in [1.82, 2.24) is 4.90 Å². The molecule has 3 aliphatic rings. The number of carbonyl (C=O) groups excluding carboxylic acids is 1. The largest absolute Gasteiger partial charge is 0.465 e. The topological polar surface area (TPSA) is 48.0 Å². The molecule has 0 amide bonds. The second kappa shape index (κ2) is 8.17. The highest BCUT2D eigenvalue weighted by Gasteiger charge is 2.50. The quantitative estimate of drug-likeness (QED) is 0.720. The smallest absolute Gasteiger partial charge is 0.311 e. The molecule has 3 aliphatic heterocycles. The van der Waals surface area contributed by atoms with Gasteiger partial charge in [-0.1, -0.05) is 42.5 Å². The van der Waals surface area contributed by atoms with Crippen molar-refractivity contribution in [2.45, 2.75) is 38.2 Å². The van der Waals surface area contributed by atoms with Gasteiger partial charge in [0.1, 0.15) is 11.9 Å². The standard InChI is InChI=1S/C24H27NO4/c26-24-21-16-25(14-17-6-2-1-3-7-17)15-20(21)23(29-24)18-9-11-19(12-10-18)28-22-8-4-5-13-27-22/h1-3,6-7,9-12,20-23H,4-5,8,13-16H2/t20-,21+,22?,23+/m1/s1. The molecule has 3 heterocycles. The first-order chi connectivity index (χ1) is 14.3. The van der Waals surface area contributed by atoms with Gasteiger partial charge < -0.3 is 14.2 Å². The van der Waals surface area contributed by atoms with Crippen LogP contribution in [0.5, 0.6) is 5.75 Å². The Morgan fingerprint density at radius 3 is 2.59 bits per heavy atom. The highest BCUT2D eigenvalue weighted by molar-refractivity contribution is 5.76. The van der Waals surface area contributed by atoms with Crippen molar-refractivity contribution in [3.63, 3.8) is 0 Å². The van der Waals surface area contributed by atoms with Gasteiger partial charge in [0, 0.05) is 32.0 Å². The number of esters is 1.